The SMILES string of the molecule is CC(C)C1CN(C(=O)CCC(=O)O)CC1C. The van der Waals surface area contributed by atoms with Gasteiger partial charge in [0, 0.05) is 19.5 Å². The van der Waals surface area contributed by atoms with Crippen LogP contribution in [0.15, 0.2) is 0 Å². The van der Waals surface area contributed by atoms with E-state index in [-0.39, 0.29) is 18.7 Å². The van der Waals surface area contributed by atoms with Gasteiger partial charge in [-0.3, -0.25) is 9.59 Å². The number of likely N-dealkylation sites (tertiary alicyclic amines) is 1. The summed E-state index contributed by atoms with van der Waals surface area (Å²) in [6.45, 7) is 8.08. The van der Waals surface area contributed by atoms with Crippen molar-refractivity contribution < 1.29 is 14.7 Å². The molecule has 0 spiro atoms. The van der Waals surface area contributed by atoms with E-state index in [4.69, 9.17) is 5.11 Å². The molecule has 0 aromatic carbocycles. The number of nitrogens with zero attached hydrogens (tertiary/aromatic N) is 1. The monoisotopic (exact) mass is 227 g/mol. The molecular formula is C12H21NO3. The first-order valence-electron chi connectivity index (χ1n) is 5.91. The lowest BCUT2D eigenvalue weighted by Gasteiger charge is -2.18. The van der Waals surface area contributed by atoms with Crippen molar-refractivity contribution in [1.82, 2.24) is 4.90 Å². The average molecular weight is 227 g/mol. The van der Waals surface area contributed by atoms with Crippen molar-refractivity contribution in [2.45, 2.75) is 33.6 Å². The Bertz CT molecular complexity index is 275. The lowest BCUT2D eigenvalue weighted by Crippen LogP contribution is -2.29. The Morgan fingerprint density at radius 3 is 2.38 bits per heavy atom. The maximum Gasteiger partial charge on any atom is 0.303 e. The van der Waals surface area contributed by atoms with E-state index < -0.39 is 5.97 Å². The number of carbonyl (C=O) groups excluding carboxylic acids is 1. The van der Waals surface area contributed by atoms with Crippen LogP contribution in [0, 0.1) is 17.8 Å². The summed E-state index contributed by atoms with van der Waals surface area (Å²) in [6, 6.07) is 0. The standard InChI is InChI=1S/C12H21NO3/c1-8(2)10-7-13(6-9(10)3)11(14)4-5-12(15)16/h8-10H,4-7H2,1-3H3,(H,15,16). The van der Waals surface area contributed by atoms with Crippen molar-refractivity contribution in [2.24, 2.45) is 17.8 Å². The molecule has 4 heteroatoms. The minimum Gasteiger partial charge on any atom is -0.481 e. The van der Waals surface area contributed by atoms with Crippen LogP contribution in [0.5, 0.6) is 0 Å². The predicted molar refractivity (Wildman–Crippen MR) is 60.9 cm³/mol. The molecule has 1 aliphatic heterocycles. The highest BCUT2D eigenvalue weighted by Crippen LogP contribution is 2.29. The van der Waals surface area contributed by atoms with Gasteiger partial charge in [0.1, 0.15) is 0 Å². The van der Waals surface area contributed by atoms with E-state index in [9.17, 15) is 9.59 Å². The Balaban J connectivity index is 2.45. The zero-order valence-corrected chi connectivity index (χ0v) is 10.3. The Morgan fingerprint density at radius 2 is 1.94 bits per heavy atom. The first-order valence-corrected chi connectivity index (χ1v) is 5.91. The summed E-state index contributed by atoms with van der Waals surface area (Å²) < 4.78 is 0. The molecule has 92 valence electrons. The third-order valence-electron chi connectivity index (χ3n) is 3.43. The smallest absolute Gasteiger partial charge is 0.303 e. The lowest BCUT2D eigenvalue weighted by atomic mass is 9.88. The van der Waals surface area contributed by atoms with Gasteiger partial charge in [-0.15, -0.1) is 0 Å². The summed E-state index contributed by atoms with van der Waals surface area (Å²) in [5.74, 6) is 0.730. The number of hydrogen-bond acceptors (Lipinski definition) is 2. The Hall–Kier alpha value is -1.06. The molecule has 0 aromatic rings. The number of carboxylic acids is 1. The van der Waals surface area contributed by atoms with Crippen molar-refractivity contribution in [3.8, 4) is 0 Å². The molecule has 16 heavy (non-hydrogen) atoms. The zero-order chi connectivity index (χ0) is 12.3. The van der Waals surface area contributed by atoms with E-state index in [1.54, 1.807) is 0 Å². The normalized spacial score (nSPS) is 25.1. The molecule has 0 radical (unpaired) electrons. The molecule has 1 N–H and O–H groups in total. The van der Waals surface area contributed by atoms with Gasteiger partial charge in [-0.2, -0.15) is 0 Å². The van der Waals surface area contributed by atoms with E-state index in [1.807, 2.05) is 4.90 Å². The second-order valence-corrected chi connectivity index (χ2v) is 5.08. The summed E-state index contributed by atoms with van der Waals surface area (Å²) in [5, 5.41) is 8.53. The minimum absolute atomic E-state index is 0.0163. The summed E-state index contributed by atoms with van der Waals surface area (Å²) in [4.78, 5) is 23.9. The van der Waals surface area contributed by atoms with E-state index >= 15 is 0 Å². The van der Waals surface area contributed by atoms with Crippen LogP contribution in [0.3, 0.4) is 0 Å². The molecule has 1 heterocycles. The second-order valence-electron chi connectivity index (χ2n) is 5.08. The fourth-order valence-electron chi connectivity index (χ4n) is 2.44. The van der Waals surface area contributed by atoms with Crippen molar-refractivity contribution in [3.05, 3.63) is 0 Å². The third kappa shape index (κ3) is 3.22. The lowest BCUT2D eigenvalue weighted by molar-refractivity contribution is -0.140. The summed E-state index contributed by atoms with van der Waals surface area (Å²) in [6.07, 6.45) is 0.0723. The molecule has 0 bridgehead atoms. The molecule has 2 atom stereocenters. The maximum atomic E-state index is 11.7. The molecule has 4 nitrogen and oxygen atoms in total. The number of amides is 1. The van der Waals surface area contributed by atoms with Gasteiger partial charge >= 0.3 is 5.97 Å². The third-order valence-corrected chi connectivity index (χ3v) is 3.43. The first-order chi connectivity index (χ1) is 7.41. The average Bonchev–Trinajstić information content (AvgIpc) is 2.56. The van der Waals surface area contributed by atoms with E-state index in [0.717, 1.165) is 13.1 Å². The van der Waals surface area contributed by atoms with Crippen molar-refractivity contribution in [1.29, 1.82) is 0 Å². The largest absolute Gasteiger partial charge is 0.481 e. The second kappa shape index (κ2) is 5.32. The van der Waals surface area contributed by atoms with Crippen LogP contribution in [0.1, 0.15) is 33.6 Å². The minimum atomic E-state index is -0.902. The van der Waals surface area contributed by atoms with E-state index in [2.05, 4.69) is 20.8 Å². The highest BCUT2D eigenvalue weighted by molar-refractivity contribution is 5.80. The number of rotatable bonds is 4. The van der Waals surface area contributed by atoms with Crippen LogP contribution in [0.25, 0.3) is 0 Å². The number of carboxylic acid groups (broad SMARTS) is 1. The fourth-order valence-corrected chi connectivity index (χ4v) is 2.44. The fraction of sp³-hybridized carbons (Fsp3) is 0.833. The number of carbonyl (C=O) groups is 2. The van der Waals surface area contributed by atoms with Gasteiger partial charge in [0.2, 0.25) is 5.91 Å². The van der Waals surface area contributed by atoms with Crippen LogP contribution >= 0.6 is 0 Å². The quantitative estimate of drug-likeness (QED) is 0.793. The summed E-state index contributed by atoms with van der Waals surface area (Å²) in [7, 11) is 0. The molecule has 1 saturated heterocycles. The van der Waals surface area contributed by atoms with Crippen LogP contribution < -0.4 is 0 Å². The van der Waals surface area contributed by atoms with Crippen molar-refractivity contribution >= 4 is 11.9 Å². The van der Waals surface area contributed by atoms with Crippen LogP contribution in [-0.4, -0.2) is 35.0 Å². The molecule has 1 fully saturated rings. The molecule has 1 aliphatic rings. The van der Waals surface area contributed by atoms with Gasteiger partial charge < -0.3 is 10.0 Å². The Morgan fingerprint density at radius 1 is 1.31 bits per heavy atom. The van der Waals surface area contributed by atoms with E-state index in [0.29, 0.717) is 17.8 Å². The van der Waals surface area contributed by atoms with Crippen LogP contribution in [0.4, 0.5) is 0 Å². The van der Waals surface area contributed by atoms with Crippen molar-refractivity contribution in [3.63, 3.8) is 0 Å². The Labute approximate surface area is 96.6 Å². The molecular weight excluding hydrogens is 206 g/mol. The molecule has 0 aliphatic carbocycles. The highest BCUT2D eigenvalue weighted by Gasteiger charge is 2.33. The van der Waals surface area contributed by atoms with Gasteiger partial charge in [0.25, 0.3) is 0 Å². The maximum absolute atomic E-state index is 11.7. The predicted octanol–water partition coefficient (Wildman–Crippen LogP) is 1.60. The summed E-state index contributed by atoms with van der Waals surface area (Å²) in [5.41, 5.74) is 0. The molecule has 2 unspecified atom stereocenters. The van der Waals surface area contributed by atoms with Crippen LogP contribution in [-0.2, 0) is 9.59 Å². The van der Waals surface area contributed by atoms with Gasteiger partial charge in [0.05, 0.1) is 6.42 Å². The van der Waals surface area contributed by atoms with Crippen LogP contribution in [0.2, 0.25) is 0 Å². The molecule has 1 rings (SSSR count). The van der Waals surface area contributed by atoms with Gasteiger partial charge in [-0.25, -0.2) is 0 Å². The number of aliphatic carboxylic acids is 1. The van der Waals surface area contributed by atoms with Gasteiger partial charge in [-0.1, -0.05) is 20.8 Å². The number of hydrogen-bond donors (Lipinski definition) is 1. The molecule has 1 amide bonds. The zero-order valence-electron chi connectivity index (χ0n) is 10.3. The summed E-state index contributed by atoms with van der Waals surface area (Å²) >= 11 is 0. The molecule has 0 saturated carbocycles. The van der Waals surface area contributed by atoms with Gasteiger partial charge in [0.15, 0.2) is 0 Å². The van der Waals surface area contributed by atoms with E-state index in [1.165, 1.54) is 0 Å². The van der Waals surface area contributed by atoms with Gasteiger partial charge in [-0.05, 0) is 17.8 Å². The topological polar surface area (TPSA) is 57.6 Å². The first kappa shape index (κ1) is 13.0. The highest BCUT2D eigenvalue weighted by atomic mass is 16.4. The Kier molecular flexibility index (Phi) is 4.33. The van der Waals surface area contributed by atoms with Crippen molar-refractivity contribution in [2.75, 3.05) is 13.1 Å². The molecule has 0 aromatic heterocycles.